The minimum atomic E-state index is -0.183. The van der Waals surface area contributed by atoms with Gasteiger partial charge in [0.2, 0.25) is 0 Å². The quantitative estimate of drug-likeness (QED) is 0.770. The summed E-state index contributed by atoms with van der Waals surface area (Å²) in [4.78, 5) is 14.7. The molecule has 0 saturated heterocycles. The van der Waals surface area contributed by atoms with E-state index in [0.717, 1.165) is 22.4 Å². The first kappa shape index (κ1) is 13.0. The average molecular weight is 278 g/mol. The number of rotatable bonds is 4. The minimum absolute atomic E-state index is 0.183. The maximum atomic E-state index is 11.9. The molecule has 2 N–H and O–H groups in total. The summed E-state index contributed by atoms with van der Waals surface area (Å²) < 4.78 is 1.59. The molecule has 0 bridgehead atoms. The van der Waals surface area contributed by atoms with Crippen LogP contribution in [0.3, 0.4) is 0 Å². The van der Waals surface area contributed by atoms with Gasteiger partial charge in [-0.1, -0.05) is 18.2 Å². The maximum absolute atomic E-state index is 11.9. The minimum Gasteiger partial charge on any atom is -0.355 e. The Morgan fingerprint density at radius 1 is 1.14 bits per heavy atom. The van der Waals surface area contributed by atoms with Gasteiger partial charge >= 0.3 is 5.69 Å². The number of nitrogens with zero attached hydrogens (tertiary/aromatic N) is 2. The van der Waals surface area contributed by atoms with E-state index in [1.165, 1.54) is 0 Å². The van der Waals surface area contributed by atoms with Gasteiger partial charge in [-0.15, -0.1) is 0 Å². The smallest absolute Gasteiger partial charge is 0.326 e. The van der Waals surface area contributed by atoms with Gasteiger partial charge in [0.15, 0.2) is 0 Å². The number of aromatic amines is 1. The van der Waals surface area contributed by atoms with Crippen LogP contribution in [-0.4, -0.2) is 9.55 Å². The highest BCUT2D eigenvalue weighted by atomic mass is 16.1. The van der Waals surface area contributed by atoms with Crippen molar-refractivity contribution in [3.8, 4) is 6.07 Å². The summed E-state index contributed by atoms with van der Waals surface area (Å²) in [6.45, 7) is 0.404. The monoisotopic (exact) mass is 278 g/mol. The van der Waals surface area contributed by atoms with Crippen LogP contribution in [0.5, 0.6) is 0 Å². The Labute approximate surface area is 121 Å². The van der Waals surface area contributed by atoms with Gasteiger partial charge in [-0.3, -0.25) is 4.57 Å². The highest BCUT2D eigenvalue weighted by molar-refractivity contribution is 5.80. The second-order valence-corrected chi connectivity index (χ2v) is 4.71. The number of nitriles is 1. The molecule has 5 nitrogen and oxygen atoms in total. The predicted octanol–water partition coefficient (Wildman–Crippen LogP) is 2.99. The zero-order valence-electron chi connectivity index (χ0n) is 11.3. The molecule has 0 aliphatic heterocycles. The van der Waals surface area contributed by atoms with Crippen LogP contribution in [0.15, 0.2) is 53.3 Å². The lowest BCUT2D eigenvalue weighted by Gasteiger charge is -2.06. The van der Waals surface area contributed by atoms with Crippen molar-refractivity contribution in [1.29, 1.82) is 5.26 Å². The first-order chi connectivity index (χ1) is 10.3. The van der Waals surface area contributed by atoms with Gasteiger partial charge in [0.25, 0.3) is 0 Å². The maximum Gasteiger partial charge on any atom is 0.326 e. The summed E-state index contributed by atoms with van der Waals surface area (Å²) in [5.74, 6) is 0. The third-order valence-electron chi connectivity index (χ3n) is 3.28. The Hall–Kier alpha value is -3.00. The summed E-state index contributed by atoms with van der Waals surface area (Å²) in [5.41, 5.74) is 3.29. The number of imidazole rings is 1. The molecule has 0 fully saturated rings. The Balaban J connectivity index is 1.95. The predicted molar refractivity (Wildman–Crippen MR) is 82.5 cm³/mol. The molecule has 0 saturated carbocycles. The standard InChI is InChI=1S/C16H14N4O/c17-9-4-10-20-15-8-7-13(11-14(15)19-16(20)21)18-12-5-2-1-3-6-12/h1-3,5-8,11,18H,4,10H2,(H,19,21). The summed E-state index contributed by atoms with van der Waals surface area (Å²) in [6, 6.07) is 17.6. The van der Waals surface area contributed by atoms with Crippen molar-refractivity contribution in [3.63, 3.8) is 0 Å². The van der Waals surface area contributed by atoms with Gasteiger partial charge in [0, 0.05) is 17.9 Å². The highest BCUT2D eigenvalue weighted by Crippen LogP contribution is 2.20. The first-order valence-electron chi connectivity index (χ1n) is 6.69. The number of aryl methyl sites for hydroxylation is 1. The van der Waals surface area contributed by atoms with Gasteiger partial charge < -0.3 is 10.3 Å². The van der Waals surface area contributed by atoms with Crippen molar-refractivity contribution in [3.05, 3.63) is 59.0 Å². The summed E-state index contributed by atoms with van der Waals surface area (Å²) in [6.07, 6.45) is 0.316. The van der Waals surface area contributed by atoms with Crippen LogP contribution >= 0.6 is 0 Å². The lowest BCUT2D eigenvalue weighted by Crippen LogP contribution is -2.16. The lowest BCUT2D eigenvalue weighted by molar-refractivity contribution is 0.709. The van der Waals surface area contributed by atoms with E-state index >= 15 is 0 Å². The number of hydrogen-bond acceptors (Lipinski definition) is 3. The molecule has 2 aromatic carbocycles. The fourth-order valence-electron chi connectivity index (χ4n) is 2.31. The third kappa shape index (κ3) is 2.65. The van der Waals surface area contributed by atoms with Gasteiger partial charge in [-0.05, 0) is 30.3 Å². The molecule has 104 valence electrons. The van der Waals surface area contributed by atoms with E-state index < -0.39 is 0 Å². The summed E-state index contributed by atoms with van der Waals surface area (Å²) >= 11 is 0. The van der Waals surface area contributed by atoms with E-state index in [1.807, 2.05) is 48.5 Å². The molecule has 0 atom stereocenters. The van der Waals surface area contributed by atoms with E-state index in [0.29, 0.717) is 13.0 Å². The van der Waals surface area contributed by atoms with Gasteiger partial charge in [0.1, 0.15) is 0 Å². The number of anilines is 2. The van der Waals surface area contributed by atoms with Crippen molar-refractivity contribution >= 4 is 22.4 Å². The van der Waals surface area contributed by atoms with Crippen molar-refractivity contribution in [2.75, 3.05) is 5.32 Å². The largest absolute Gasteiger partial charge is 0.355 e. The van der Waals surface area contributed by atoms with Crippen LogP contribution in [0.4, 0.5) is 11.4 Å². The molecular weight excluding hydrogens is 264 g/mol. The molecule has 0 spiro atoms. The topological polar surface area (TPSA) is 73.6 Å². The van der Waals surface area contributed by atoms with E-state index in [2.05, 4.69) is 16.4 Å². The Morgan fingerprint density at radius 3 is 2.71 bits per heavy atom. The SMILES string of the molecule is N#CCCn1c(=O)[nH]c2cc(Nc3ccccc3)ccc21. The van der Waals surface area contributed by atoms with Crippen molar-refractivity contribution in [1.82, 2.24) is 9.55 Å². The molecule has 0 aliphatic rings. The average Bonchev–Trinajstić information content (AvgIpc) is 2.81. The summed E-state index contributed by atoms with van der Waals surface area (Å²) in [7, 11) is 0. The van der Waals surface area contributed by atoms with Crippen LogP contribution in [0.2, 0.25) is 0 Å². The van der Waals surface area contributed by atoms with Crippen LogP contribution in [-0.2, 0) is 6.54 Å². The molecule has 1 aromatic heterocycles. The van der Waals surface area contributed by atoms with Crippen LogP contribution in [0.1, 0.15) is 6.42 Å². The molecule has 0 unspecified atom stereocenters. The molecule has 5 heteroatoms. The van der Waals surface area contributed by atoms with Crippen molar-refractivity contribution in [2.24, 2.45) is 0 Å². The molecule has 0 amide bonds. The lowest BCUT2D eigenvalue weighted by atomic mass is 10.2. The highest BCUT2D eigenvalue weighted by Gasteiger charge is 2.07. The second-order valence-electron chi connectivity index (χ2n) is 4.71. The van der Waals surface area contributed by atoms with E-state index in [4.69, 9.17) is 5.26 Å². The molecular formula is C16H14N4O. The number of para-hydroxylation sites is 1. The number of nitrogens with one attached hydrogen (secondary N) is 2. The second kappa shape index (κ2) is 5.55. The summed E-state index contributed by atoms with van der Waals surface area (Å²) in [5, 5.41) is 11.9. The van der Waals surface area contributed by atoms with E-state index in [-0.39, 0.29) is 5.69 Å². The fourth-order valence-corrected chi connectivity index (χ4v) is 2.31. The molecule has 21 heavy (non-hydrogen) atoms. The normalized spacial score (nSPS) is 10.4. The van der Waals surface area contributed by atoms with Crippen LogP contribution < -0.4 is 11.0 Å². The molecule has 3 aromatic rings. The zero-order valence-corrected chi connectivity index (χ0v) is 11.3. The molecule has 0 radical (unpaired) electrons. The van der Waals surface area contributed by atoms with Gasteiger partial charge in [-0.2, -0.15) is 5.26 Å². The number of H-pyrrole nitrogens is 1. The Bertz CT molecular complexity index is 855. The Kier molecular flexibility index (Phi) is 3.44. The molecule has 0 aliphatic carbocycles. The van der Waals surface area contributed by atoms with Crippen LogP contribution in [0, 0.1) is 11.3 Å². The fraction of sp³-hybridized carbons (Fsp3) is 0.125. The van der Waals surface area contributed by atoms with Crippen molar-refractivity contribution in [2.45, 2.75) is 13.0 Å². The Morgan fingerprint density at radius 2 is 1.95 bits per heavy atom. The number of hydrogen-bond donors (Lipinski definition) is 2. The van der Waals surface area contributed by atoms with Gasteiger partial charge in [0.05, 0.1) is 23.5 Å². The van der Waals surface area contributed by atoms with Crippen molar-refractivity contribution < 1.29 is 0 Å². The number of benzene rings is 2. The van der Waals surface area contributed by atoms with Gasteiger partial charge in [-0.25, -0.2) is 4.79 Å². The first-order valence-corrected chi connectivity index (χ1v) is 6.69. The molecule has 1 heterocycles. The van der Waals surface area contributed by atoms with E-state index in [1.54, 1.807) is 4.57 Å². The third-order valence-corrected chi connectivity index (χ3v) is 3.28. The van der Waals surface area contributed by atoms with E-state index in [9.17, 15) is 4.79 Å². The number of fused-ring (bicyclic) bond motifs is 1. The molecule has 3 rings (SSSR count). The van der Waals surface area contributed by atoms with Crippen LogP contribution in [0.25, 0.3) is 11.0 Å². The zero-order chi connectivity index (χ0) is 14.7. The number of aromatic nitrogens is 2.